The quantitative estimate of drug-likeness (QED) is 0.741. The van der Waals surface area contributed by atoms with Gasteiger partial charge in [0.15, 0.2) is 0 Å². The number of sulfonamides is 1. The van der Waals surface area contributed by atoms with Crippen molar-refractivity contribution >= 4 is 10.0 Å². The van der Waals surface area contributed by atoms with E-state index in [-0.39, 0.29) is 11.7 Å². The zero-order chi connectivity index (χ0) is 10.8. The number of rotatable bonds is 3. The number of hydrogen-bond donors (Lipinski definition) is 1. The number of nitrogens with two attached hydrogens (primary N) is 1. The van der Waals surface area contributed by atoms with Crippen LogP contribution in [0, 0.1) is 11.8 Å². The number of primary sulfonamides is 1. The van der Waals surface area contributed by atoms with Crippen LogP contribution < -0.4 is 5.14 Å². The van der Waals surface area contributed by atoms with Crippen LogP contribution in [-0.4, -0.2) is 39.2 Å². The highest BCUT2D eigenvalue weighted by atomic mass is 32.2. The Hall–Kier alpha value is -0.130. The van der Waals surface area contributed by atoms with Crippen molar-refractivity contribution in [1.82, 2.24) is 4.90 Å². The molecule has 0 spiro atoms. The topological polar surface area (TPSA) is 63.4 Å². The van der Waals surface area contributed by atoms with E-state index in [2.05, 4.69) is 11.9 Å². The molecule has 0 aliphatic carbocycles. The van der Waals surface area contributed by atoms with Gasteiger partial charge in [0.05, 0.1) is 5.75 Å². The molecule has 5 heteroatoms. The summed E-state index contributed by atoms with van der Waals surface area (Å²) in [4.78, 5) is 2.28. The predicted octanol–water partition coefficient (Wildman–Crippen LogP) is 0.253. The molecule has 0 bridgehead atoms. The van der Waals surface area contributed by atoms with Crippen LogP contribution in [0.2, 0.25) is 0 Å². The molecule has 0 amide bonds. The highest BCUT2D eigenvalue weighted by molar-refractivity contribution is 7.89. The van der Waals surface area contributed by atoms with Crippen LogP contribution in [0.15, 0.2) is 0 Å². The van der Waals surface area contributed by atoms with E-state index < -0.39 is 10.0 Å². The smallest absolute Gasteiger partial charge is 0.209 e. The summed E-state index contributed by atoms with van der Waals surface area (Å²) < 4.78 is 21.8. The zero-order valence-corrected chi connectivity index (χ0v) is 9.76. The fraction of sp³-hybridized carbons (Fsp3) is 1.00. The fourth-order valence-corrected chi connectivity index (χ4v) is 3.11. The van der Waals surface area contributed by atoms with Gasteiger partial charge in [-0.2, -0.15) is 0 Å². The van der Waals surface area contributed by atoms with E-state index in [0.29, 0.717) is 5.92 Å². The Morgan fingerprint density at radius 1 is 1.43 bits per heavy atom. The molecule has 84 valence electrons. The molecule has 0 aromatic heterocycles. The lowest BCUT2D eigenvalue weighted by molar-refractivity contribution is 0.186. The number of nitrogens with zero attached hydrogens (tertiary/aromatic N) is 1. The first kappa shape index (κ1) is 11.9. The van der Waals surface area contributed by atoms with Gasteiger partial charge in [-0.3, -0.25) is 0 Å². The van der Waals surface area contributed by atoms with Gasteiger partial charge >= 0.3 is 0 Å². The van der Waals surface area contributed by atoms with Crippen LogP contribution in [0.5, 0.6) is 0 Å². The van der Waals surface area contributed by atoms with Crippen molar-refractivity contribution in [1.29, 1.82) is 0 Å². The fourth-order valence-electron chi connectivity index (χ4n) is 2.10. The molecule has 14 heavy (non-hydrogen) atoms. The summed E-state index contributed by atoms with van der Waals surface area (Å²) in [6.07, 6.45) is 2.18. The highest BCUT2D eigenvalue weighted by Crippen LogP contribution is 2.24. The Labute approximate surface area is 86.5 Å². The second-order valence-corrected chi connectivity index (χ2v) is 6.11. The van der Waals surface area contributed by atoms with Crippen LogP contribution in [0.1, 0.15) is 19.8 Å². The molecule has 2 N–H and O–H groups in total. The van der Waals surface area contributed by atoms with Crippen LogP contribution in [0.25, 0.3) is 0 Å². The first-order valence-electron chi connectivity index (χ1n) is 5.07. The van der Waals surface area contributed by atoms with Gasteiger partial charge in [0.25, 0.3) is 0 Å². The third-order valence-corrected chi connectivity index (χ3v) is 4.05. The maximum atomic E-state index is 10.9. The molecule has 1 aliphatic heterocycles. The molecule has 0 saturated carbocycles. The largest absolute Gasteiger partial charge is 0.306 e. The van der Waals surface area contributed by atoms with Crippen LogP contribution in [0.4, 0.5) is 0 Å². The summed E-state index contributed by atoms with van der Waals surface area (Å²) in [6.45, 7) is 4.12. The predicted molar refractivity (Wildman–Crippen MR) is 57.4 cm³/mol. The van der Waals surface area contributed by atoms with Crippen molar-refractivity contribution in [3.8, 4) is 0 Å². The van der Waals surface area contributed by atoms with Gasteiger partial charge in [0.2, 0.25) is 10.0 Å². The van der Waals surface area contributed by atoms with E-state index in [0.717, 1.165) is 25.9 Å². The molecular weight excluding hydrogens is 200 g/mol. The van der Waals surface area contributed by atoms with Crippen LogP contribution in [-0.2, 0) is 10.0 Å². The number of hydrogen-bond acceptors (Lipinski definition) is 3. The van der Waals surface area contributed by atoms with Crippen molar-refractivity contribution in [2.75, 3.05) is 25.9 Å². The van der Waals surface area contributed by atoms with Crippen molar-refractivity contribution in [3.05, 3.63) is 0 Å². The number of piperidine rings is 1. The van der Waals surface area contributed by atoms with Crippen molar-refractivity contribution < 1.29 is 8.42 Å². The summed E-state index contributed by atoms with van der Waals surface area (Å²) in [5.74, 6) is 0.838. The zero-order valence-electron chi connectivity index (χ0n) is 8.94. The summed E-state index contributed by atoms with van der Waals surface area (Å²) >= 11 is 0. The third kappa shape index (κ3) is 3.94. The highest BCUT2D eigenvalue weighted by Gasteiger charge is 2.24. The molecule has 1 atom stereocenters. The van der Waals surface area contributed by atoms with E-state index in [9.17, 15) is 8.42 Å². The van der Waals surface area contributed by atoms with Crippen molar-refractivity contribution in [2.24, 2.45) is 17.0 Å². The standard InChI is InChI=1S/C9H20N2O2S/c1-8(7-14(10,12)13)9-3-5-11(2)6-4-9/h8-9H,3-7H2,1-2H3,(H2,10,12,13). The number of likely N-dealkylation sites (tertiary alicyclic amines) is 1. The Bertz CT molecular complexity index is 269. The van der Waals surface area contributed by atoms with Gasteiger partial charge < -0.3 is 4.90 Å². The first-order valence-corrected chi connectivity index (χ1v) is 6.79. The molecule has 1 unspecified atom stereocenters. The summed E-state index contributed by atoms with van der Waals surface area (Å²) in [6, 6.07) is 0. The van der Waals surface area contributed by atoms with Gasteiger partial charge in [0, 0.05) is 0 Å². The average Bonchev–Trinajstić information content (AvgIpc) is 2.02. The van der Waals surface area contributed by atoms with Gasteiger partial charge in [-0.05, 0) is 44.8 Å². The second-order valence-electron chi connectivity index (χ2n) is 4.45. The van der Waals surface area contributed by atoms with Gasteiger partial charge in [-0.1, -0.05) is 6.92 Å². The second kappa shape index (κ2) is 4.59. The van der Waals surface area contributed by atoms with E-state index in [1.165, 1.54) is 0 Å². The Kier molecular flexibility index (Phi) is 3.92. The Balaban J connectivity index is 2.42. The van der Waals surface area contributed by atoms with Crippen molar-refractivity contribution in [2.45, 2.75) is 19.8 Å². The lowest BCUT2D eigenvalue weighted by Crippen LogP contribution is -2.35. The molecular formula is C9H20N2O2S. The van der Waals surface area contributed by atoms with Crippen molar-refractivity contribution in [3.63, 3.8) is 0 Å². The molecule has 1 fully saturated rings. The minimum absolute atomic E-state index is 0.126. The van der Waals surface area contributed by atoms with E-state index >= 15 is 0 Å². The molecule has 1 aliphatic rings. The monoisotopic (exact) mass is 220 g/mol. The molecule has 0 aromatic carbocycles. The molecule has 0 radical (unpaired) electrons. The lowest BCUT2D eigenvalue weighted by atomic mass is 9.87. The first-order chi connectivity index (χ1) is 6.38. The lowest BCUT2D eigenvalue weighted by Gasteiger charge is -2.32. The summed E-state index contributed by atoms with van der Waals surface area (Å²) in [7, 11) is -1.20. The van der Waals surface area contributed by atoms with Crippen LogP contribution in [0.3, 0.4) is 0 Å². The molecule has 0 aromatic rings. The Morgan fingerprint density at radius 3 is 2.36 bits per heavy atom. The van der Waals surface area contributed by atoms with Crippen LogP contribution >= 0.6 is 0 Å². The third-order valence-electron chi connectivity index (χ3n) is 3.06. The maximum absolute atomic E-state index is 10.9. The normalized spacial score (nSPS) is 23.6. The summed E-state index contributed by atoms with van der Waals surface area (Å²) in [5, 5.41) is 5.03. The van der Waals surface area contributed by atoms with Gasteiger partial charge in [-0.15, -0.1) is 0 Å². The minimum atomic E-state index is -3.30. The van der Waals surface area contributed by atoms with E-state index in [1.807, 2.05) is 6.92 Å². The molecule has 1 rings (SSSR count). The molecule has 1 saturated heterocycles. The van der Waals surface area contributed by atoms with Gasteiger partial charge in [0.1, 0.15) is 0 Å². The van der Waals surface area contributed by atoms with E-state index in [1.54, 1.807) is 0 Å². The SMILES string of the molecule is CC(CS(N)(=O)=O)C1CCN(C)CC1. The molecule has 1 heterocycles. The Morgan fingerprint density at radius 2 is 1.93 bits per heavy atom. The average molecular weight is 220 g/mol. The van der Waals surface area contributed by atoms with Gasteiger partial charge in [-0.25, -0.2) is 13.6 Å². The molecule has 4 nitrogen and oxygen atoms in total. The maximum Gasteiger partial charge on any atom is 0.209 e. The summed E-state index contributed by atoms with van der Waals surface area (Å²) in [5.41, 5.74) is 0. The minimum Gasteiger partial charge on any atom is -0.306 e. The van der Waals surface area contributed by atoms with E-state index in [4.69, 9.17) is 5.14 Å².